The van der Waals surface area contributed by atoms with Crippen LogP contribution in [0, 0.1) is 6.92 Å². The third kappa shape index (κ3) is 6.28. The number of nitrogens with zero attached hydrogens (tertiary/aromatic N) is 3. The van der Waals surface area contributed by atoms with E-state index in [1.54, 1.807) is 11.8 Å². The van der Waals surface area contributed by atoms with Crippen LogP contribution in [-0.2, 0) is 12.8 Å². The summed E-state index contributed by atoms with van der Waals surface area (Å²) in [7, 11) is 0. The molecule has 3 heterocycles. The van der Waals surface area contributed by atoms with E-state index in [9.17, 15) is 27.1 Å². The number of hydrogen-bond donors (Lipinski definition) is 2. The number of rotatable bonds is 7. The molecule has 0 aliphatic carbocycles. The van der Waals surface area contributed by atoms with Gasteiger partial charge in [0.05, 0.1) is 17.8 Å². The molecule has 0 amide bonds. The summed E-state index contributed by atoms with van der Waals surface area (Å²) >= 11 is 0. The van der Waals surface area contributed by atoms with Gasteiger partial charge >= 0.3 is 6.18 Å². The summed E-state index contributed by atoms with van der Waals surface area (Å²) in [6, 6.07) is 2.87. The Morgan fingerprint density at radius 1 is 1.23 bits per heavy atom. The van der Waals surface area contributed by atoms with Crippen molar-refractivity contribution in [2.24, 2.45) is 0 Å². The molecule has 2 N–H and O–H groups in total. The largest absolute Gasteiger partial charge is 0.445 e. The monoisotopic (exact) mass is 448 g/mol. The highest BCUT2D eigenvalue weighted by Crippen LogP contribution is 2.33. The average molecular weight is 448 g/mol. The van der Waals surface area contributed by atoms with E-state index < -0.39 is 24.7 Å². The van der Waals surface area contributed by atoms with Gasteiger partial charge in [-0.2, -0.15) is 13.2 Å². The van der Waals surface area contributed by atoms with Crippen molar-refractivity contribution < 1.29 is 31.5 Å². The average Bonchev–Trinajstić information content (AvgIpc) is 3.04. The number of aliphatic hydroxyl groups excluding tert-OH is 1. The Morgan fingerprint density at radius 3 is 2.48 bits per heavy atom. The van der Waals surface area contributed by atoms with Gasteiger partial charge in [0.1, 0.15) is 24.2 Å². The fourth-order valence-corrected chi connectivity index (χ4v) is 3.44. The second-order valence-electron chi connectivity index (χ2n) is 7.64. The van der Waals surface area contributed by atoms with Crippen molar-refractivity contribution in [2.45, 2.75) is 57.7 Å². The van der Waals surface area contributed by atoms with Gasteiger partial charge in [-0.05, 0) is 13.0 Å². The predicted molar refractivity (Wildman–Crippen MR) is 104 cm³/mol. The van der Waals surface area contributed by atoms with Gasteiger partial charge in [-0.25, -0.2) is 18.7 Å². The van der Waals surface area contributed by atoms with E-state index in [2.05, 4.69) is 15.3 Å². The molecule has 0 bridgehead atoms. The minimum absolute atomic E-state index is 0.0198. The molecule has 2 aromatic heterocycles. The Hall–Kier alpha value is -2.43. The maximum atomic E-state index is 13.5. The van der Waals surface area contributed by atoms with Crippen molar-refractivity contribution in [3.05, 3.63) is 35.2 Å². The van der Waals surface area contributed by atoms with E-state index in [-0.39, 0.29) is 49.8 Å². The summed E-state index contributed by atoms with van der Waals surface area (Å²) in [5, 5.41) is 12.9. The van der Waals surface area contributed by atoms with Crippen LogP contribution in [0.25, 0.3) is 0 Å². The lowest BCUT2D eigenvalue weighted by Crippen LogP contribution is -2.39. The molecular weight excluding hydrogens is 423 g/mol. The minimum Gasteiger partial charge on any atom is -0.445 e. The Bertz CT molecular complexity index is 890. The van der Waals surface area contributed by atoms with Crippen LogP contribution in [0.15, 0.2) is 16.5 Å². The number of hydrogen-bond acceptors (Lipinski definition) is 6. The maximum Gasteiger partial charge on any atom is 0.405 e. The lowest BCUT2D eigenvalue weighted by molar-refractivity contribution is -0.115. The zero-order valence-corrected chi connectivity index (χ0v) is 17.3. The van der Waals surface area contributed by atoms with Gasteiger partial charge < -0.3 is 19.7 Å². The van der Waals surface area contributed by atoms with E-state index >= 15 is 0 Å². The smallest absolute Gasteiger partial charge is 0.405 e. The molecule has 1 fully saturated rings. The molecule has 2 aromatic rings. The number of oxazole rings is 1. The number of anilines is 2. The molecule has 172 valence electrons. The first-order valence-corrected chi connectivity index (χ1v) is 10.0. The molecule has 1 unspecified atom stereocenters. The Morgan fingerprint density at radius 2 is 1.90 bits per heavy atom. The lowest BCUT2D eigenvalue weighted by atomic mass is 10.1. The number of alkyl halides is 5. The van der Waals surface area contributed by atoms with Crippen molar-refractivity contribution in [2.75, 3.05) is 29.9 Å². The molecule has 1 aliphatic heterocycles. The van der Waals surface area contributed by atoms with Crippen LogP contribution in [0.2, 0.25) is 0 Å². The van der Waals surface area contributed by atoms with E-state index in [0.29, 0.717) is 23.6 Å². The first kappa shape index (κ1) is 23.2. The van der Waals surface area contributed by atoms with Crippen molar-refractivity contribution in [3.63, 3.8) is 0 Å². The molecular formula is C20H25F5N4O2. The number of pyridine rings is 1. The highest BCUT2D eigenvalue weighted by molar-refractivity contribution is 5.56. The number of halogens is 5. The van der Waals surface area contributed by atoms with Crippen molar-refractivity contribution in [1.29, 1.82) is 0 Å². The molecule has 1 saturated heterocycles. The zero-order chi connectivity index (χ0) is 22.8. The number of aliphatic hydroxyl groups is 1. The van der Waals surface area contributed by atoms with Gasteiger partial charge in [0.15, 0.2) is 5.89 Å². The van der Waals surface area contributed by atoms with Gasteiger partial charge in [-0.1, -0.05) is 6.92 Å². The van der Waals surface area contributed by atoms with Crippen LogP contribution < -0.4 is 10.2 Å². The summed E-state index contributed by atoms with van der Waals surface area (Å²) in [6.45, 7) is 2.46. The third-order valence-corrected chi connectivity index (χ3v) is 5.13. The predicted octanol–water partition coefficient (Wildman–Crippen LogP) is 4.43. The fourth-order valence-electron chi connectivity index (χ4n) is 3.44. The third-order valence-electron chi connectivity index (χ3n) is 5.13. The topological polar surface area (TPSA) is 74.4 Å². The Labute approximate surface area is 176 Å². The van der Waals surface area contributed by atoms with Gasteiger partial charge in [0, 0.05) is 44.1 Å². The van der Waals surface area contributed by atoms with Gasteiger partial charge in [0.25, 0.3) is 5.92 Å². The number of nitrogens with one attached hydrogen (secondary N) is 1. The normalized spacial score (nSPS) is 17.6. The molecule has 1 aliphatic rings. The first-order valence-electron chi connectivity index (χ1n) is 10.0. The molecule has 6 nitrogen and oxygen atoms in total. The summed E-state index contributed by atoms with van der Waals surface area (Å²) < 4.78 is 70.5. The van der Waals surface area contributed by atoms with Crippen molar-refractivity contribution in [3.8, 4) is 0 Å². The molecule has 11 heteroatoms. The summed E-state index contributed by atoms with van der Waals surface area (Å²) in [5.41, 5.74) is 1.23. The second-order valence-corrected chi connectivity index (χ2v) is 7.64. The SMILES string of the molecule is CCc1oc(CC(O)c2cc(N3CCC(F)(F)CC3)cc(NCC(F)(F)F)n2)nc1C. The second kappa shape index (κ2) is 8.97. The molecule has 1 atom stereocenters. The van der Waals surface area contributed by atoms with E-state index in [4.69, 9.17) is 4.42 Å². The molecule has 0 spiro atoms. The first-order chi connectivity index (χ1) is 14.5. The van der Waals surface area contributed by atoms with Crippen LogP contribution in [0.4, 0.5) is 33.5 Å². The minimum atomic E-state index is -4.46. The standard InChI is InChI=1S/C20H25F5N4O2/c1-3-16-12(2)27-18(31-16)10-15(30)14-8-13(29-6-4-19(21,22)5-7-29)9-17(28-14)26-11-20(23,24)25/h8-9,15,30H,3-7,10-11H2,1-2H3,(H,26,28). The molecule has 31 heavy (non-hydrogen) atoms. The molecule has 0 radical (unpaired) electrons. The number of aryl methyl sites for hydroxylation is 2. The molecule has 0 aromatic carbocycles. The van der Waals surface area contributed by atoms with E-state index in [1.165, 1.54) is 12.1 Å². The lowest BCUT2D eigenvalue weighted by Gasteiger charge is -2.33. The van der Waals surface area contributed by atoms with Crippen molar-refractivity contribution >= 4 is 11.5 Å². The van der Waals surface area contributed by atoms with Crippen LogP contribution in [-0.4, -0.2) is 46.8 Å². The maximum absolute atomic E-state index is 13.5. The summed E-state index contributed by atoms with van der Waals surface area (Å²) in [6.07, 6.45) is -5.75. The van der Waals surface area contributed by atoms with Crippen LogP contribution in [0.3, 0.4) is 0 Å². The van der Waals surface area contributed by atoms with Crippen LogP contribution in [0.1, 0.15) is 48.9 Å². The fraction of sp³-hybridized carbons (Fsp3) is 0.600. The highest BCUT2D eigenvalue weighted by Gasteiger charge is 2.34. The van der Waals surface area contributed by atoms with Crippen LogP contribution in [0.5, 0.6) is 0 Å². The molecule has 3 rings (SSSR count). The summed E-state index contributed by atoms with van der Waals surface area (Å²) in [4.78, 5) is 10.0. The summed E-state index contributed by atoms with van der Waals surface area (Å²) in [5.74, 6) is -1.88. The molecule has 0 saturated carbocycles. The quantitative estimate of drug-likeness (QED) is 0.611. The van der Waals surface area contributed by atoms with E-state index in [1.807, 2.05) is 6.92 Å². The van der Waals surface area contributed by atoms with Crippen LogP contribution >= 0.6 is 0 Å². The Kier molecular flexibility index (Phi) is 6.73. The number of piperidine rings is 1. The van der Waals surface area contributed by atoms with Crippen molar-refractivity contribution in [1.82, 2.24) is 9.97 Å². The number of aromatic nitrogens is 2. The van der Waals surface area contributed by atoms with E-state index in [0.717, 1.165) is 0 Å². The van der Waals surface area contributed by atoms with Gasteiger partial charge in [-0.3, -0.25) is 0 Å². The zero-order valence-electron chi connectivity index (χ0n) is 17.3. The highest BCUT2D eigenvalue weighted by atomic mass is 19.4. The Balaban J connectivity index is 1.84. The van der Waals surface area contributed by atoms with Gasteiger partial charge in [0.2, 0.25) is 0 Å². The van der Waals surface area contributed by atoms with Gasteiger partial charge in [-0.15, -0.1) is 0 Å².